The number of methoxy groups -OCH3 is 2. The van der Waals surface area contributed by atoms with Gasteiger partial charge in [0.2, 0.25) is 5.91 Å². The number of aryl methyl sites for hydroxylation is 1. The molecule has 37 heavy (non-hydrogen) atoms. The summed E-state index contributed by atoms with van der Waals surface area (Å²) in [5, 5.41) is 0. The van der Waals surface area contributed by atoms with Crippen molar-refractivity contribution in [2.24, 2.45) is 5.73 Å². The largest absolute Gasteiger partial charge is 0.573 e. The van der Waals surface area contributed by atoms with Crippen molar-refractivity contribution in [1.29, 1.82) is 0 Å². The molecule has 0 saturated heterocycles. The molecule has 2 unspecified atom stereocenters. The summed E-state index contributed by atoms with van der Waals surface area (Å²) in [6.07, 6.45) is -2.90. The molecule has 4 rings (SSSR count). The molecule has 9 heteroatoms. The van der Waals surface area contributed by atoms with E-state index in [4.69, 9.17) is 15.2 Å². The van der Waals surface area contributed by atoms with E-state index >= 15 is 0 Å². The summed E-state index contributed by atoms with van der Waals surface area (Å²) in [4.78, 5) is 14.8. The highest BCUT2D eigenvalue weighted by molar-refractivity contribution is 5.81. The SMILES string of the molecule is COc1cc2c(cc1OC)C(CCc1ccc(OC(F)(F)F)cc1)N(C(C(N)=O)c1ccccc1)CC2. The number of nitrogens with two attached hydrogens (primary N) is 1. The number of alkyl halides is 3. The third kappa shape index (κ3) is 6.17. The Morgan fingerprint density at radius 2 is 1.68 bits per heavy atom. The number of amides is 1. The molecule has 3 aromatic rings. The van der Waals surface area contributed by atoms with Gasteiger partial charge >= 0.3 is 6.36 Å². The number of hydrogen-bond acceptors (Lipinski definition) is 5. The summed E-state index contributed by atoms with van der Waals surface area (Å²) >= 11 is 0. The Bertz CT molecular complexity index is 1220. The van der Waals surface area contributed by atoms with Crippen LogP contribution in [0.3, 0.4) is 0 Å². The van der Waals surface area contributed by atoms with Crippen molar-refractivity contribution >= 4 is 5.91 Å². The van der Waals surface area contributed by atoms with Crippen molar-refractivity contribution in [3.8, 4) is 17.2 Å². The number of halogens is 3. The Hall–Kier alpha value is -3.72. The van der Waals surface area contributed by atoms with Gasteiger partial charge in [0.1, 0.15) is 11.8 Å². The summed E-state index contributed by atoms with van der Waals surface area (Å²) in [5.74, 6) is 0.490. The smallest absolute Gasteiger partial charge is 0.493 e. The number of primary amides is 1. The van der Waals surface area contributed by atoms with E-state index in [1.807, 2.05) is 42.5 Å². The molecule has 1 aliphatic rings. The third-order valence-electron chi connectivity index (χ3n) is 6.62. The Labute approximate surface area is 213 Å². The zero-order valence-electron chi connectivity index (χ0n) is 20.6. The van der Waals surface area contributed by atoms with Gasteiger partial charge in [0.15, 0.2) is 11.5 Å². The van der Waals surface area contributed by atoms with Crippen LogP contribution >= 0.6 is 0 Å². The maximum Gasteiger partial charge on any atom is 0.573 e. The van der Waals surface area contributed by atoms with Crippen molar-refractivity contribution in [2.45, 2.75) is 37.7 Å². The van der Waals surface area contributed by atoms with Crippen LogP contribution in [0.25, 0.3) is 0 Å². The molecule has 6 nitrogen and oxygen atoms in total. The maximum atomic E-state index is 12.7. The van der Waals surface area contributed by atoms with Gasteiger partial charge in [0.05, 0.1) is 14.2 Å². The van der Waals surface area contributed by atoms with Crippen LogP contribution in [0.1, 0.15) is 40.8 Å². The zero-order chi connectivity index (χ0) is 26.6. The van der Waals surface area contributed by atoms with Gasteiger partial charge in [0.25, 0.3) is 0 Å². The second-order valence-corrected chi connectivity index (χ2v) is 8.86. The van der Waals surface area contributed by atoms with Gasteiger partial charge in [0, 0.05) is 12.6 Å². The number of fused-ring (bicyclic) bond motifs is 1. The summed E-state index contributed by atoms with van der Waals surface area (Å²) in [7, 11) is 3.15. The number of carbonyl (C=O) groups is 1. The molecule has 0 saturated carbocycles. The molecule has 2 atom stereocenters. The predicted octanol–water partition coefficient (Wildman–Crippen LogP) is 5.36. The first-order chi connectivity index (χ1) is 17.7. The Morgan fingerprint density at radius 3 is 2.27 bits per heavy atom. The number of rotatable bonds is 9. The molecule has 0 bridgehead atoms. The van der Waals surface area contributed by atoms with Crippen molar-refractivity contribution in [3.05, 3.63) is 89.0 Å². The lowest BCUT2D eigenvalue weighted by molar-refractivity contribution is -0.274. The molecular formula is C28H29F3N2O4. The van der Waals surface area contributed by atoms with Crippen LogP contribution in [-0.2, 0) is 17.6 Å². The average molecular weight is 515 g/mol. The van der Waals surface area contributed by atoms with Gasteiger partial charge in [-0.1, -0.05) is 42.5 Å². The molecule has 1 amide bonds. The van der Waals surface area contributed by atoms with Gasteiger partial charge in [-0.05, 0) is 65.8 Å². The lowest BCUT2D eigenvalue weighted by Crippen LogP contribution is -2.44. The van der Waals surface area contributed by atoms with Gasteiger partial charge in [-0.3, -0.25) is 9.69 Å². The first-order valence-corrected chi connectivity index (χ1v) is 11.9. The molecule has 1 aliphatic heterocycles. The zero-order valence-corrected chi connectivity index (χ0v) is 20.6. The van der Waals surface area contributed by atoms with Gasteiger partial charge in [-0.15, -0.1) is 13.2 Å². The Kier molecular flexibility index (Phi) is 7.92. The van der Waals surface area contributed by atoms with E-state index in [1.54, 1.807) is 26.4 Å². The van der Waals surface area contributed by atoms with Crippen LogP contribution in [0, 0.1) is 0 Å². The second-order valence-electron chi connectivity index (χ2n) is 8.86. The normalized spacial score (nSPS) is 16.5. The van der Waals surface area contributed by atoms with Gasteiger partial charge in [-0.2, -0.15) is 0 Å². The lowest BCUT2D eigenvalue weighted by Gasteiger charge is -2.41. The molecule has 0 radical (unpaired) electrons. The van der Waals surface area contributed by atoms with E-state index in [-0.39, 0.29) is 11.8 Å². The van der Waals surface area contributed by atoms with Crippen molar-refractivity contribution < 1.29 is 32.2 Å². The van der Waals surface area contributed by atoms with E-state index in [2.05, 4.69) is 9.64 Å². The first-order valence-electron chi connectivity index (χ1n) is 11.9. The highest BCUT2D eigenvalue weighted by atomic mass is 19.4. The van der Waals surface area contributed by atoms with Crippen LogP contribution < -0.4 is 19.9 Å². The molecule has 0 aliphatic carbocycles. The van der Waals surface area contributed by atoms with Crippen LogP contribution in [0.15, 0.2) is 66.7 Å². The fourth-order valence-corrected chi connectivity index (χ4v) is 4.99. The van der Waals surface area contributed by atoms with E-state index in [1.165, 1.54) is 12.1 Å². The minimum absolute atomic E-state index is 0.202. The van der Waals surface area contributed by atoms with Crippen LogP contribution in [0.2, 0.25) is 0 Å². The molecule has 1 heterocycles. The van der Waals surface area contributed by atoms with Gasteiger partial charge < -0.3 is 19.9 Å². The van der Waals surface area contributed by atoms with E-state index in [9.17, 15) is 18.0 Å². The fraction of sp³-hybridized carbons (Fsp3) is 0.321. The van der Waals surface area contributed by atoms with Crippen LogP contribution in [-0.4, -0.2) is 37.9 Å². The van der Waals surface area contributed by atoms with Crippen LogP contribution in [0.5, 0.6) is 17.2 Å². The Morgan fingerprint density at radius 1 is 1.03 bits per heavy atom. The molecule has 2 N–H and O–H groups in total. The maximum absolute atomic E-state index is 12.7. The standard InChI is InChI=1S/C28H29F3N2O4/c1-35-24-16-20-14-15-33(26(27(32)34)19-6-4-3-5-7-19)23(22(20)17-25(24)36-2)13-10-18-8-11-21(12-9-18)37-28(29,30)31/h3-9,11-12,16-17,23,26H,10,13-15H2,1-2H3,(H2,32,34). The summed E-state index contributed by atoms with van der Waals surface area (Å²) in [6, 6.07) is 18.3. The topological polar surface area (TPSA) is 74.0 Å². The summed E-state index contributed by atoms with van der Waals surface area (Å²) in [6.45, 7) is 0.591. The lowest BCUT2D eigenvalue weighted by atomic mass is 9.86. The number of carbonyl (C=O) groups excluding carboxylic acids is 1. The van der Waals surface area contributed by atoms with E-state index in [0.29, 0.717) is 37.3 Å². The van der Waals surface area contributed by atoms with E-state index in [0.717, 1.165) is 22.3 Å². The minimum atomic E-state index is -4.74. The summed E-state index contributed by atoms with van der Waals surface area (Å²) in [5.41, 5.74) is 9.66. The predicted molar refractivity (Wildman–Crippen MR) is 133 cm³/mol. The molecule has 196 valence electrons. The number of benzene rings is 3. The molecule has 0 aromatic heterocycles. The first kappa shape index (κ1) is 26.3. The average Bonchev–Trinajstić information content (AvgIpc) is 2.87. The number of nitrogens with zero attached hydrogens (tertiary/aromatic N) is 1. The third-order valence-corrected chi connectivity index (χ3v) is 6.62. The van der Waals surface area contributed by atoms with E-state index < -0.39 is 18.3 Å². The van der Waals surface area contributed by atoms with Gasteiger partial charge in [-0.25, -0.2) is 0 Å². The molecule has 3 aromatic carbocycles. The van der Waals surface area contributed by atoms with Crippen molar-refractivity contribution in [1.82, 2.24) is 4.90 Å². The monoisotopic (exact) mass is 514 g/mol. The minimum Gasteiger partial charge on any atom is -0.493 e. The molecule has 0 fully saturated rings. The van der Waals surface area contributed by atoms with Crippen molar-refractivity contribution in [2.75, 3.05) is 20.8 Å². The quantitative estimate of drug-likeness (QED) is 0.416. The Balaban J connectivity index is 1.68. The summed E-state index contributed by atoms with van der Waals surface area (Å²) < 4.78 is 52.6. The fourth-order valence-electron chi connectivity index (χ4n) is 4.99. The number of ether oxygens (including phenoxy) is 3. The highest BCUT2D eigenvalue weighted by Gasteiger charge is 2.36. The van der Waals surface area contributed by atoms with Crippen LogP contribution in [0.4, 0.5) is 13.2 Å². The number of hydrogen-bond donors (Lipinski definition) is 1. The molecular weight excluding hydrogens is 485 g/mol. The van der Waals surface area contributed by atoms with Crippen molar-refractivity contribution in [3.63, 3.8) is 0 Å². The highest BCUT2D eigenvalue weighted by Crippen LogP contribution is 2.43. The molecule has 0 spiro atoms. The second kappa shape index (κ2) is 11.1.